The molecule has 0 aromatic heterocycles. The molecule has 2 bridgehead atoms. The Kier molecular flexibility index (Phi) is 8.19. The number of likely N-dealkylation sites (N-methyl/N-ethyl adjacent to an activating group) is 1. The van der Waals surface area contributed by atoms with Gasteiger partial charge in [0.1, 0.15) is 11.6 Å². The molecule has 1 aliphatic carbocycles. The van der Waals surface area contributed by atoms with Crippen molar-refractivity contribution in [3.63, 3.8) is 0 Å². The molecule has 3 aliphatic heterocycles. The van der Waals surface area contributed by atoms with Crippen molar-refractivity contribution >= 4 is 17.7 Å². The summed E-state index contributed by atoms with van der Waals surface area (Å²) in [6.45, 7) is 12.9. The Morgan fingerprint density at radius 2 is 1.81 bits per heavy atom. The van der Waals surface area contributed by atoms with Crippen LogP contribution in [0.15, 0.2) is 25.3 Å². The molecule has 0 aromatic rings. The number of hydrogen-bond acceptors (Lipinski definition) is 5. The zero-order valence-corrected chi connectivity index (χ0v) is 22.9. The molecule has 3 unspecified atom stereocenters. The number of likely N-dealkylation sites (tertiary alicyclic amines) is 1. The van der Waals surface area contributed by atoms with Crippen molar-refractivity contribution < 1.29 is 24.2 Å². The zero-order valence-electron chi connectivity index (χ0n) is 22.9. The van der Waals surface area contributed by atoms with E-state index in [2.05, 4.69) is 20.1 Å². The van der Waals surface area contributed by atoms with Crippen LogP contribution >= 0.6 is 0 Å². The standard InChI is InChI=1S/C29H45N3O5/c1-6-15-30(5)25(34)22-23-26(35)32(17-11-12-18-33)24(29(23)19-20(3)28(22,4)37-29)27(36)31(16-7-2)21-13-9-8-10-14-21/h6-7,20-24,33H,1-2,8-19H2,3-5H3/t20?,22-,23+,24?,28+,29?/m1/s1. The van der Waals surface area contributed by atoms with Crippen molar-refractivity contribution in [2.45, 2.75) is 88.5 Å². The van der Waals surface area contributed by atoms with Crippen LogP contribution < -0.4 is 0 Å². The summed E-state index contributed by atoms with van der Waals surface area (Å²) >= 11 is 0. The number of aliphatic hydroxyl groups excluding tert-OH is 1. The molecule has 8 nitrogen and oxygen atoms in total. The van der Waals surface area contributed by atoms with Gasteiger partial charge in [0.15, 0.2) is 0 Å². The van der Waals surface area contributed by atoms with Gasteiger partial charge >= 0.3 is 0 Å². The molecule has 1 spiro atoms. The fourth-order valence-electron chi connectivity index (χ4n) is 7.66. The number of nitrogens with zero attached hydrogens (tertiary/aromatic N) is 3. The Labute approximate surface area is 221 Å². The highest BCUT2D eigenvalue weighted by atomic mass is 16.5. The van der Waals surface area contributed by atoms with Crippen LogP contribution in [0.1, 0.15) is 65.2 Å². The average Bonchev–Trinajstić information content (AvgIpc) is 3.39. The summed E-state index contributed by atoms with van der Waals surface area (Å²) in [5, 5.41) is 9.40. The van der Waals surface area contributed by atoms with Crippen molar-refractivity contribution in [1.29, 1.82) is 0 Å². The van der Waals surface area contributed by atoms with Gasteiger partial charge in [-0.15, -0.1) is 13.2 Å². The third-order valence-corrected chi connectivity index (χ3v) is 9.53. The maximum atomic E-state index is 14.5. The van der Waals surface area contributed by atoms with Gasteiger partial charge in [0, 0.05) is 39.3 Å². The predicted molar refractivity (Wildman–Crippen MR) is 141 cm³/mol. The highest BCUT2D eigenvalue weighted by Crippen LogP contribution is 2.65. The van der Waals surface area contributed by atoms with E-state index >= 15 is 0 Å². The maximum Gasteiger partial charge on any atom is 0.248 e. The Morgan fingerprint density at radius 3 is 2.43 bits per heavy atom. The first kappa shape index (κ1) is 27.8. The molecule has 206 valence electrons. The Bertz CT molecular complexity index is 917. The quantitative estimate of drug-likeness (QED) is 0.338. The molecule has 8 heteroatoms. The van der Waals surface area contributed by atoms with Crippen molar-refractivity contribution in [2.24, 2.45) is 17.8 Å². The second kappa shape index (κ2) is 10.9. The summed E-state index contributed by atoms with van der Waals surface area (Å²) in [5.41, 5.74) is -1.86. The van der Waals surface area contributed by atoms with Crippen LogP contribution in [0.25, 0.3) is 0 Å². The van der Waals surface area contributed by atoms with Crippen LogP contribution in [0.3, 0.4) is 0 Å². The van der Waals surface area contributed by atoms with Crippen molar-refractivity contribution in [1.82, 2.24) is 14.7 Å². The van der Waals surface area contributed by atoms with Gasteiger partial charge in [-0.05, 0) is 44.9 Å². The van der Waals surface area contributed by atoms with Gasteiger partial charge in [-0.25, -0.2) is 0 Å². The maximum absolute atomic E-state index is 14.5. The van der Waals surface area contributed by atoms with Crippen molar-refractivity contribution in [3.8, 4) is 0 Å². The minimum Gasteiger partial charge on any atom is -0.396 e. The van der Waals surface area contributed by atoms with Gasteiger partial charge in [0.25, 0.3) is 0 Å². The first-order chi connectivity index (χ1) is 17.7. The number of amides is 3. The van der Waals surface area contributed by atoms with Crippen LogP contribution in [0, 0.1) is 17.8 Å². The van der Waals surface area contributed by atoms with E-state index in [-0.39, 0.29) is 36.3 Å². The summed E-state index contributed by atoms with van der Waals surface area (Å²) in [7, 11) is 1.73. The summed E-state index contributed by atoms with van der Waals surface area (Å²) in [5.74, 6) is -1.73. The minimum absolute atomic E-state index is 0.0119. The fraction of sp³-hybridized carbons (Fsp3) is 0.759. The highest BCUT2D eigenvalue weighted by Gasteiger charge is 2.80. The molecule has 0 aromatic carbocycles. The van der Waals surface area contributed by atoms with Crippen LogP contribution in [0.5, 0.6) is 0 Å². The van der Waals surface area contributed by atoms with Crippen molar-refractivity contribution in [2.75, 3.05) is 33.3 Å². The van der Waals surface area contributed by atoms with E-state index in [0.717, 1.165) is 25.7 Å². The highest BCUT2D eigenvalue weighted by molar-refractivity contribution is 5.99. The predicted octanol–water partition coefficient (Wildman–Crippen LogP) is 2.76. The number of carbonyl (C=O) groups is 3. The van der Waals surface area contributed by atoms with Crippen LogP contribution in [-0.2, 0) is 19.1 Å². The number of unbranched alkanes of at least 4 members (excludes halogenated alkanes) is 1. The Hall–Kier alpha value is -2.19. The summed E-state index contributed by atoms with van der Waals surface area (Å²) < 4.78 is 6.84. The molecule has 4 rings (SSSR count). The molecular formula is C29H45N3O5. The number of aliphatic hydroxyl groups is 1. The number of fused-ring (bicyclic) bond motifs is 1. The van der Waals surface area contributed by atoms with E-state index in [1.807, 2.05) is 11.8 Å². The number of carbonyl (C=O) groups excluding carboxylic acids is 3. The molecular weight excluding hydrogens is 470 g/mol. The van der Waals surface area contributed by atoms with Crippen molar-refractivity contribution in [3.05, 3.63) is 25.3 Å². The SMILES string of the molecule is C=CCN(C)C(=O)[C@H]1[C@H]2C(=O)N(CCCCO)C(C(=O)N(CC=C)C3CCCCC3)C23CC(C)[C@]1(C)O3. The lowest BCUT2D eigenvalue weighted by molar-refractivity contribution is -0.155. The summed E-state index contributed by atoms with van der Waals surface area (Å²) in [6, 6.07) is -0.663. The van der Waals surface area contributed by atoms with E-state index in [1.165, 1.54) is 6.42 Å². The van der Waals surface area contributed by atoms with E-state index in [9.17, 15) is 19.5 Å². The largest absolute Gasteiger partial charge is 0.396 e. The van der Waals surface area contributed by atoms with Gasteiger partial charge < -0.3 is 24.5 Å². The van der Waals surface area contributed by atoms with Gasteiger partial charge in [0.05, 0.1) is 17.4 Å². The number of rotatable bonds is 11. The molecule has 3 amide bonds. The number of ether oxygens (including phenoxy) is 1. The normalized spacial score (nSPS) is 34.9. The molecule has 6 atom stereocenters. The lowest BCUT2D eigenvalue weighted by Crippen LogP contribution is -2.58. The van der Waals surface area contributed by atoms with Crippen LogP contribution in [0.4, 0.5) is 0 Å². The third-order valence-electron chi connectivity index (χ3n) is 9.53. The first-order valence-corrected chi connectivity index (χ1v) is 14.1. The van der Waals surface area contributed by atoms with E-state index in [4.69, 9.17) is 4.74 Å². The molecule has 4 fully saturated rings. The number of hydrogen-bond donors (Lipinski definition) is 1. The summed E-state index contributed by atoms with van der Waals surface area (Å²) in [6.07, 6.45) is 10.4. The van der Waals surface area contributed by atoms with Gasteiger partial charge in [0.2, 0.25) is 17.7 Å². The van der Waals surface area contributed by atoms with E-state index in [0.29, 0.717) is 38.9 Å². The lowest BCUT2D eigenvalue weighted by Gasteiger charge is -2.41. The second-order valence-electron chi connectivity index (χ2n) is 11.7. The lowest BCUT2D eigenvalue weighted by atomic mass is 9.62. The minimum atomic E-state index is -1.04. The Balaban J connectivity index is 1.77. The monoisotopic (exact) mass is 515 g/mol. The molecule has 1 N–H and O–H groups in total. The van der Waals surface area contributed by atoms with Gasteiger partial charge in [-0.1, -0.05) is 38.3 Å². The Morgan fingerprint density at radius 1 is 1.14 bits per heavy atom. The topological polar surface area (TPSA) is 90.4 Å². The van der Waals surface area contributed by atoms with E-state index < -0.39 is 29.1 Å². The summed E-state index contributed by atoms with van der Waals surface area (Å²) in [4.78, 5) is 47.7. The molecule has 3 saturated heterocycles. The molecule has 4 aliphatic rings. The van der Waals surface area contributed by atoms with Crippen LogP contribution in [0.2, 0.25) is 0 Å². The van der Waals surface area contributed by atoms with Crippen LogP contribution in [-0.4, -0.2) is 94.1 Å². The molecule has 3 heterocycles. The fourth-order valence-corrected chi connectivity index (χ4v) is 7.66. The first-order valence-electron chi connectivity index (χ1n) is 14.1. The third kappa shape index (κ3) is 4.44. The zero-order chi connectivity index (χ0) is 27.0. The second-order valence-corrected chi connectivity index (χ2v) is 11.7. The van der Waals surface area contributed by atoms with Gasteiger partial charge in [-0.3, -0.25) is 14.4 Å². The average molecular weight is 516 g/mol. The molecule has 0 radical (unpaired) electrons. The smallest absolute Gasteiger partial charge is 0.248 e. The van der Waals surface area contributed by atoms with E-state index in [1.54, 1.807) is 29.0 Å². The van der Waals surface area contributed by atoms with Gasteiger partial charge in [-0.2, -0.15) is 0 Å². The molecule has 1 saturated carbocycles. The molecule has 37 heavy (non-hydrogen) atoms.